The molecule has 0 aromatic heterocycles. The van der Waals surface area contributed by atoms with Crippen molar-refractivity contribution < 1.29 is 10.2 Å². The zero-order valence-electron chi connectivity index (χ0n) is 11.2. The number of hydrogen-bond acceptors (Lipinski definition) is 4. The maximum atomic E-state index is 8.94. The van der Waals surface area contributed by atoms with Gasteiger partial charge in [-0.2, -0.15) is 0 Å². The number of nitrogens with zero attached hydrogens (tertiary/aromatic N) is 1. The summed E-state index contributed by atoms with van der Waals surface area (Å²) in [6.45, 7) is 12.0. The molecular formula is C12H28N2O2. The molecule has 0 aliphatic carbocycles. The van der Waals surface area contributed by atoms with Crippen LogP contribution in [-0.2, 0) is 0 Å². The van der Waals surface area contributed by atoms with Crippen LogP contribution < -0.4 is 5.32 Å². The van der Waals surface area contributed by atoms with Crippen LogP contribution in [-0.4, -0.2) is 60.5 Å². The number of aliphatic hydroxyl groups is 2. The molecule has 0 bridgehead atoms. The third-order valence-corrected chi connectivity index (χ3v) is 2.47. The van der Waals surface area contributed by atoms with Gasteiger partial charge in [-0.05, 0) is 5.41 Å². The second kappa shape index (κ2) is 8.01. The van der Waals surface area contributed by atoms with Gasteiger partial charge >= 0.3 is 0 Å². The fourth-order valence-corrected chi connectivity index (χ4v) is 1.69. The predicted molar refractivity (Wildman–Crippen MR) is 67.5 cm³/mol. The van der Waals surface area contributed by atoms with Crippen LogP contribution in [0.15, 0.2) is 0 Å². The molecule has 0 amide bonds. The molecule has 98 valence electrons. The van der Waals surface area contributed by atoms with Gasteiger partial charge in [-0.3, -0.25) is 4.90 Å². The summed E-state index contributed by atoms with van der Waals surface area (Å²) >= 11 is 0. The van der Waals surface area contributed by atoms with E-state index in [1.54, 1.807) is 0 Å². The highest BCUT2D eigenvalue weighted by atomic mass is 16.3. The van der Waals surface area contributed by atoms with Crippen LogP contribution in [0.4, 0.5) is 0 Å². The normalized spacial score (nSPS) is 12.8. The molecule has 0 aliphatic rings. The van der Waals surface area contributed by atoms with Gasteiger partial charge in [-0.25, -0.2) is 0 Å². The van der Waals surface area contributed by atoms with Gasteiger partial charge in [-0.15, -0.1) is 0 Å². The molecule has 0 heterocycles. The van der Waals surface area contributed by atoms with E-state index < -0.39 is 0 Å². The van der Waals surface area contributed by atoms with Crippen molar-refractivity contribution >= 4 is 0 Å². The Hall–Kier alpha value is -0.160. The molecule has 0 aromatic carbocycles. The number of nitrogens with one attached hydrogen (secondary N) is 1. The SMILES string of the molecule is CC(C)NCC(C)(C)CN(CCO)CCO. The first-order valence-electron chi connectivity index (χ1n) is 6.09. The van der Waals surface area contributed by atoms with Gasteiger partial charge in [-0.1, -0.05) is 27.7 Å². The third kappa shape index (κ3) is 8.05. The van der Waals surface area contributed by atoms with E-state index in [0.717, 1.165) is 13.1 Å². The van der Waals surface area contributed by atoms with Gasteiger partial charge in [0.2, 0.25) is 0 Å². The molecule has 0 unspecified atom stereocenters. The molecule has 0 spiro atoms. The van der Waals surface area contributed by atoms with Crippen LogP contribution in [0.2, 0.25) is 0 Å². The van der Waals surface area contributed by atoms with Gasteiger partial charge in [0.15, 0.2) is 0 Å². The van der Waals surface area contributed by atoms with E-state index in [1.807, 2.05) is 0 Å². The zero-order valence-corrected chi connectivity index (χ0v) is 11.2. The Kier molecular flexibility index (Phi) is 7.93. The molecule has 0 saturated heterocycles. The van der Waals surface area contributed by atoms with E-state index in [1.165, 1.54) is 0 Å². The molecule has 0 aliphatic heterocycles. The highest BCUT2D eigenvalue weighted by molar-refractivity contribution is 4.77. The Labute approximate surface area is 99.7 Å². The predicted octanol–water partition coefficient (Wildman–Crippen LogP) is 0.297. The Bertz CT molecular complexity index is 166. The molecule has 4 nitrogen and oxygen atoms in total. The average Bonchev–Trinajstić information content (AvgIpc) is 2.15. The monoisotopic (exact) mass is 232 g/mol. The van der Waals surface area contributed by atoms with Gasteiger partial charge in [0, 0.05) is 32.2 Å². The van der Waals surface area contributed by atoms with Crippen LogP contribution in [0.1, 0.15) is 27.7 Å². The number of aliphatic hydroxyl groups excluding tert-OH is 2. The minimum Gasteiger partial charge on any atom is -0.395 e. The minimum absolute atomic E-state index is 0.147. The summed E-state index contributed by atoms with van der Waals surface area (Å²) < 4.78 is 0. The van der Waals surface area contributed by atoms with Crippen LogP contribution in [0.5, 0.6) is 0 Å². The van der Waals surface area contributed by atoms with Gasteiger partial charge in [0.25, 0.3) is 0 Å². The number of hydrogen-bond donors (Lipinski definition) is 3. The Morgan fingerprint density at radius 1 is 1.12 bits per heavy atom. The molecule has 3 N–H and O–H groups in total. The van der Waals surface area contributed by atoms with Crippen molar-refractivity contribution in [1.82, 2.24) is 10.2 Å². The van der Waals surface area contributed by atoms with Crippen molar-refractivity contribution in [3.8, 4) is 0 Å². The smallest absolute Gasteiger partial charge is 0.0558 e. The molecule has 0 rings (SSSR count). The summed E-state index contributed by atoms with van der Waals surface area (Å²) in [6, 6.07) is 0.489. The Morgan fingerprint density at radius 3 is 2.00 bits per heavy atom. The molecule has 16 heavy (non-hydrogen) atoms. The Balaban J connectivity index is 4.06. The summed E-state index contributed by atoms with van der Waals surface area (Å²) in [4.78, 5) is 2.10. The van der Waals surface area contributed by atoms with E-state index in [0.29, 0.717) is 19.1 Å². The lowest BCUT2D eigenvalue weighted by Gasteiger charge is -2.33. The fraction of sp³-hybridized carbons (Fsp3) is 1.00. The van der Waals surface area contributed by atoms with Crippen LogP contribution in [0.25, 0.3) is 0 Å². The first-order chi connectivity index (χ1) is 7.41. The van der Waals surface area contributed by atoms with Gasteiger partial charge in [0.1, 0.15) is 0 Å². The summed E-state index contributed by atoms with van der Waals surface area (Å²) in [6.07, 6.45) is 0. The topological polar surface area (TPSA) is 55.7 Å². The highest BCUT2D eigenvalue weighted by Crippen LogP contribution is 2.15. The van der Waals surface area contributed by atoms with Crippen molar-refractivity contribution in [3.05, 3.63) is 0 Å². The fourth-order valence-electron chi connectivity index (χ4n) is 1.69. The van der Waals surface area contributed by atoms with Crippen LogP contribution >= 0.6 is 0 Å². The molecule has 0 atom stereocenters. The molecule has 0 aromatic rings. The van der Waals surface area contributed by atoms with E-state index in [9.17, 15) is 0 Å². The summed E-state index contributed by atoms with van der Waals surface area (Å²) in [5.74, 6) is 0. The molecular weight excluding hydrogens is 204 g/mol. The lowest BCUT2D eigenvalue weighted by Crippen LogP contribution is -2.44. The van der Waals surface area contributed by atoms with E-state index in [-0.39, 0.29) is 18.6 Å². The van der Waals surface area contributed by atoms with Crippen molar-refractivity contribution in [2.45, 2.75) is 33.7 Å². The lowest BCUT2D eigenvalue weighted by molar-refractivity contribution is 0.118. The number of rotatable bonds is 9. The van der Waals surface area contributed by atoms with E-state index >= 15 is 0 Å². The molecule has 4 heteroatoms. The Morgan fingerprint density at radius 2 is 1.62 bits per heavy atom. The quantitative estimate of drug-likeness (QED) is 0.535. The van der Waals surface area contributed by atoms with Crippen molar-refractivity contribution in [2.75, 3.05) is 39.4 Å². The minimum atomic E-state index is 0.147. The van der Waals surface area contributed by atoms with Gasteiger partial charge < -0.3 is 15.5 Å². The summed E-state index contributed by atoms with van der Waals surface area (Å²) in [7, 11) is 0. The zero-order chi connectivity index (χ0) is 12.6. The first-order valence-corrected chi connectivity index (χ1v) is 6.09. The van der Waals surface area contributed by atoms with Crippen molar-refractivity contribution in [2.24, 2.45) is 5.41 Å². The largest absolute Gasteiger partial charge is 0.395 e. The highest BCUT2D eigenvalue weighted by Gasteiger charge is 2.21. The third-order valence-electron chi connectivity index (χ3n) is 2.47. The van der Waals surface area contributed by atoms with Crippen LogP contribution in [0.3, 0.4) is 0 Å². The first kappa shape index (κ1) is 15.8. The van der Waals surface area contributed by atoms with Crippen LogP contribution in [0, 0.1) is 5.41 Å². The maximum Gasteiger partial charge on any atom is 0.0558 e. The average molecular weight is 232 g/mol. The maximum absolute atomic E-state index is 8.94. The van der Waals surface area contributed by atoms with Crippen molar-refractivity contribution in [3.63, 3.8) is 0 Å². The molecule has 0 radical (unpaired) electrons. The molecule has 0 saturated carbocycles. The second-order valence-electron chi connectivity index (χ2n) is 5.42. The second-order valence-corrected chi connectivity index (χ2v) is 5.42. The summed E-state index contributed by atoms with van der Waals surface area (Å²) in [5, 5.41) is 21.3. The lowest BCUT2D eigenvalue weighted by atomic mass is 9.92. The summed E-state index contributed by atoms with van der Waals surface area (Å²) in [5.41, 5.74) is 0.147. The molecule has 0 fully saturated rings. The van der Waals surface area contributed by atoms with Gasteiger partial charge in [0.05, 0.1) is 13.2 Å². The van der Waals surface area contributed by atoms with E-state index in [4.69, 9.17) is 10.2 Å². The standard InChI is InChI=1S/C12H28N2O2/c1-11(2)13-9-12(3,4)10-14(5-7-15)6-8-16/h11,13,15-16H,5-10H2,1-4H3. The van der Waals surface area contributed by atoms with E-state index in [2.05, 4.69) is 37.9 Å². The van der Waals surface area contributed by atoms with Crippen molar-refractivity contribution in [1.29, 1.82) is 0 Å².